The van der Waals surface area contributed by atoms with Gasteiger partial charge in [0.2, 0.25) is 0 Å². The molecule has 1 saturated heterocycles. The molecule has 3 heteroatoms. The first-order chi connectivity index (χ1) is 8.43. The number of hydrogen-bond donors (Lipinski definition) is 1. The van der Waals surface area contributed by atoms with E-state index in [0.717, 1.165) is 30.8 Å². The fourth-order valence-corrected chi connectivity index (χ4v) is 2.56. The van der Waals surface area contributed by atoms with E-state index in [1.165, 1.54) is 0 Å². The SMILES string of the molecule is C[C@@H](O)c1ccc(C#N)cc1N1CCC(C)(C)C1. The van der Waals surface area contributed by atoms with Gasteiger partial charge in [0.15, 0.2) is 0 Å². The van der Waals surface area contributed by atoms with Gasteiger partial charge in [0.05, 0.1) is 17.7 Å². The molecule has 0 aromatic heterocycles. The highest BCUT2D eigenvalue weighted by atomic mass is 16.3. The van der Waals surface area contributed by atoms with E-state index in [1.807, 2.05) is 12.1 Å². The fraction of sp³-hybridized carbons (Fsp3) is 0.533. The number of benzene rings is 1. The summed E-state index contributed by atoms with van der Waals surface area (Å²) in [6.07, 6.45) is 0.639. The molecule has 0 bridgehead atoms. The predicted octanol–water partition coefficient (Wildman–Crippen LogP) is 2.85. The molecule has 1 aromatic rings. The Bertz CT molecular complexity index is 486. The number of nitriles is 1. The number of rotatable bonds is 2. The second kappa shape index (κ2) is 4.62. The Morgan fingerprint density at radius 3 is 2.67 bits per heavy atom. The van der Waals surface area contributed by atoms with Crippen LogP contribution in [0.1, 0.15) is 44.4 Å². The van der Waals surface area contributed by atoms with Crippen molar-refractivity contribution in [2.24, 2.45) is 5.41 Å². The van der Waals surface area contributed by atoms with Crippen molar-refractivity contribution in [1.29, 1.82) is 5.26 Å². The summed E-state index contributed by atoms with van der Waals surface area (Å²) in [5.41, 5.74) is 2.87. The van der Waals surface area contributed by atoms with Gasteiger partial charge in [0.1, 0.15) is 0 Å². The summed E-state index contributed by atoms with van der Waals surface area (Å²) >= 11 is 0. The monoisotopic (exact) mass is 244 g/mol. The average Bonchev–Trinajstić information content (AvgIpc) is 2.68. The predicted molar refractivity (Wildman–Crippen MR) is 72.4 cm³/mol. The van der Waals surface area contributed by atoms with Crippen molar-refractivity contribution in [3.8, 4) is 6.07 Å². The lowest BCUT2D eigenvalue weighted by atomic mass is 9.93. The highest BCUT2D eigenvalue weighted by Gasteiger charge is 2.30. The molecule has 1 fully saturated rings. The molecule has 0 radical (unpaired) electrons. The van der Waals surface area contributed by atoms with Crippen molar-refractivity contribution in [3.05, 3.63) is 29.3 Å². The van der Waals surface area contributed by atoms with Crippen molar-refractivity contribution < 1.29 is 5.11 Å². The summed E-state index contributed by atoms with van der Waals surface area (Å²) in [6.45, 7) is 8.24. The molecule has 1 aromatic carbocycles. The summed E-state index contributed by atoms with van der Waals surface area (Å²) in [5.74, 6) is 0. The standard InChI is InChI=1S/C15H20N2O/c1-11(18)13-5-4-12(9-16)8-14(13)17-7-6-15(2,3)10-17/h4-5,8,11,18H,6-7,10H2,1-3H3/t11-/m1/s1. The van der Waals surface area contributed by atoms with Gasteiger partial charge in [-0.2, -0.15) is 5.26 Å². The zero-order valence-electron chi connectivity index (χ0n) is 11.3. The van der Waals surface area contributed by atoms with Gasteiger partial charge in [0.25, 0.3) is 0 Å². The smallest absolute Gasteiger partial charge is 0.0992 e. The Labute approximate surface area is 109 Å². The molecule has 0 spiro atoms. The van der Waals surface area contributed by atoms with Crippen LogP contribution >= 0.6 is 0 Å². The molecular weight excluding hydrogens is 224 g/mol. The van der Waals surface area contributed by atoms with Crippen LogP contribution in [-0.4, -0.2) is 18.2 Å². The van der Waals surface area contributed by atoms with E-state index < -0.39 is 6.10 Å². The van der Waals surface area contributed by atoms with Crippen LogP contribution in [0.15, 0.2) is 18.2 Å². The van der Waals surface area contributed by atoms with Crippen LogP contribution in [0.25, 0.3) is 0 Å². The van der Waals surface area contributed by atoms with E-state index >= 15 is 0 Å². The number of aliphatic hydroxyl groups excluding tert-OH is 1. The van der Waals surface area contributed by atoms with Gasteiger partial charge in [0, 0.05) is 24.3 Å². The number of hydrogen-bond acceptors (Lipinski definition) is 3. The van der Waals surface area contributed by atoms with Crippen LogP contribution in [0, 0.1) is 16.7 Å². The summed E-state index contributed by atoms with van der Waals surface area (Å²) in [6, 6.07) is 7.70. The highest BCUT2D eigenvalue weighted by molar-refractivity contribution is 5.59. The Morgan fingerprint density at radius 2 is 2.17 bits per heavy atom. The Balaban J connectivity index is 2.39. The summed E-state index contributed by atoms with van der Waals surface area (Å²) < 4.78 is 0. The molecule has 2 rings (SSSR count). The fourth-order valence-electron chi connectivity index (χ4n) is 2.56. The summed E-state index contributed by atoms with van der Waals surface area (Å²) in [7, 11) is 0. The normalized spacial score (nSPS) is 19.6. The third-order valence-electron chi connectivity index (χ3n) is 3.63. The van der Waals surface area contributed by atoms with Crippen LogP contribution in [0.2, 0.25) is 0 Å². The van der Waals surface area contributed by atoms with Gasteiger partial charge in [-0.3, -0.25) is 0 Å². The highest BCUT2D eigenvalue weighted by Crippen LogP contribution is 2.36. The third kappa shape index (κ3) is 2.49. The van der Waals surface area contributed by atoms with Crippen molar-refractivity contribution >= 4 is 5.69 Å². The van der Waals surface area contributed by atoms with Crippen molar-refractivity contribution in [2.45, 2.75) is 33.3 Å². The Kier molecular flexibility index (Phi) is 3.32. The van der Waals surface area contributed by atoms with Gasteiger partial charge in [-0.1, -0.05) is 19.9 Å². The zero-order chi connectivity index (χ0) is 13.3. The van der Waals surface area contributed by atoms with E-state index in [0.29, 0.717) is 11.0 Å². The molecular formula is C15H20N2O. The van der Waals surface area contributed by atoms with Crippen LogP contribution in [0.3, 0.4) is 0 Å². The van der Waals surface area contributed by atoms with Crippen molar-refractivity contribution in [3.63, 3.8) is 0 Å². The average molecular weight is 244 g/mol. The maximum atomic E-state index is 9.85. The van der Waals surface area contributed by atoms with Crippen LogP contribution in [0.4, 0.5) is 5.69 Å². The quantitative estimate of drug-likeness (QED) is 0.870. The molecule has 1 atom stereocenters. The first kappa shape index (κ1) is 12.9. The summed E-state index contributed by atoms with van der Waals surface area (Å²) in [5, 5.41) is 18.9. The molecule has 0 aliphatic carbocycles. The molecule has 0 amide bonds. The molecule has 1 heterocycles. The molecule has 1 N–H and O–H groups in total. The molecule has 18 heavy (non-hydrogen) atoms. The van der Waals surface area contributed by atoms with Gasteiger partial charge < -0.3 is 10.0 Å². The van der Waals surface area contributed by atoms with Crippen LogP contribution < -0.4 is 4.90 Å². The van der Waals surface area contributed by atoms with Crippen LogP contribution in [-0.2, 0) is 0 Å². The lowest BCUT2D eigenvalue weighted by Crippen LogP contribution is -2.24. The van der Waals surface area contributed by atoms with Gasteiger partial charge >= 0.3 is 0 Å². The zero-order valence-corrected chi connectivity index (χ0v) is 11.3. The third-order valence-corrected chi connectivity index (χ3v) is 3.63. The maximum absolute atomic E-state index is 9.85. The number of anilines is 1. The number of aliphatic hydroxyl groups is 1. The first-order valence-electron chi connectivity index (χ1n) is 6.40. The van der Waals surface area contributed by atoms with Crippen LogP contribution in [0.5, 0.6) is 0 Å². The molecule has 96 valence electrons. The first-order valence-corrected chi connectivity index (χ1v) is 6.40. The minimum Gasteiger partial charge on any atom is -0.389 e. The minimum atomic E-state index is -0.503. The summed E-state index contributed by atoms with van der Waals surface area (Å²) in [4.78, 5) is 2.28. The Morgan fingerprint density at radius 1 is 1.44 bits per heavy atom. The molecule has 3 nitrogen and oxygen atoms in total. The van der Waals surface area contributed by atoms with E-state index in [1.54, 1.807) is 13.0 Å². The van der Waals surface area contributed by atoms with E-state index in [-0.39, 0.29) is 0 Å². The lowest BCUT2D eigenvalue weighted by molar-refractivity contribution is 0.199. The van der Waals surface area contributed by atoms with Crippen molar-refractivity contribution in [2.75, 3.05) is 18.0 Å². The number of nitrogens with zero attached hydrogens (tertiary/aromatic N) is 2. The van der Waals surface area contributed by atoms with Gasteiger partial charge in [-0.05, 0) is 30.9 Å². The van der Waals surface area contributed by atoms with E-state index in [9.17, 15) is 5.11 Å². The Hall–Kier alpha value is -1.53. The van der Waals surface area contributed by atoms with Crippen molar-refractivity contribution in [1.82, 2.24) is 0 Å². The molecule has 1 aliphatic heterocycles. The minimum absolute atomic E-state index is 0.304. The van der Waals surface area contributed by atoms with E-state index in [2.05, 4.69) is 24.8 Å². The molecule has 0 saturated carbocycles. The second-order valence-electron chi connectivity index (χ2n) is 5.90. The van der Waals surface area contributed by atoms with E-state index in [4.69, 9.17) is 5.26 Å². The molecule has 1 aliphatic rings. The lowest BCUT2D eigenvalue weighted by Gasteiger charge is -2.25. The van der Waals surface area contributed by atoms with Gasteiger partial charge in [-0.25, -0.2) is 0 Å². The molecule has 0 unspecified atom stereocenters. The van der Waals surface area contributed by atoms with Gasteiger partial charge in [-0.15, -0.1) is 0 Å². The second-order valence-corrected chi connectivity index (χ2v) is 5.90. The largest absolute Gasteiger partial charge is 0.389 e. The topological polar surface area (TPSA) is 47.3 Å². The maximum Gasteiger partial charge on any atom is 0.0992 e.